The molecule has 2 aromatic rings. The lowest BCUT2D eigenvalue weighted by Crippen LogP contribution is -2.12. The fraction of sp³-hybridized carbons (Fsp3) is 0.0714. The molecule has 0 bridgehead atoms. The maximum Gasteiger partial charge on any atom is 0.200 e. The summed E-state index contributed by atoms with van der Waals surface area (Å²) in [6.07, 6.45) is 0. The molecule has 98 valence electrons. The monoisotopic (exact) mass is 266 g/mol. The number of rotatable bonds is 4. The summed E-state index contributed by atoms with van der Waals surface area (Å²) in [6.45, 7) is -0.452. The number of ether oxygens (including phenoxy) is 1. The first kappa shape index (κ1) is 13.1. The van der Waals surface area contributed by atoms with Gasteiger partial charge in [-0.25, -0.2) is 8.78 Å². The van der Waals surface area contributed by atoms with Gasteiger partial charge in [-0.2, -0.15) is 4.39 Å². The van der Waals surface area contributed by atoms with Gasteiger partial charge < -0.3 is 4.74 Å². The second-order valence-corrected chi connectivity index (χ2v) is 3.77. The SMILES string of the molecule is O=C(COc1cccc(F)c1F)c1ccc(F)cc1. The molecule has 0 aromatic heterocycles. The average molecular weight is 266 g/mol. The van der Waals surface area contributed by atoms with Crippen molar-refractivity contribution < 1.29 is 22.7 Å². The number of hydrogen-bond donors (Lipinski definition) is 0. The molecule has 0 radical (unpaired) electrons. The van der Waals surface area contributed by atoms with Crippen molar-refractivity contribution in [2.45, 2.75) is 0 Å². The topological polar surface area (TPSA) is 26.3 Å². The number of benzene rings is 2. The molecule has 0 unspecified atom stereocenters. The Morgan fingerprint density at radius 2 is 1.68 bits per heavy atom. The molecule has 0 saturated heterocycles. The summed E-state index contributed by atoms with van der Waals surface area (Å²) in [5, 5.41) is 0. The zero-order chi connectivity index (χ0) is 13.8. The van der Waals surface area contributed by atoms with E-state index >= 15 is 0 Å². The van der Waals surface area contributed by atoms with Crippen molar-refractivity contribution in [2.75, 3.05) is 6.61 Å². The van der Waals surface area contributed by atoms with E-state index in [1.165, 1.54) is 24.3 Å². The summed E-state index contributed by atoms with van der Waals surface area (Å²) >= 11 is 0. The van der Waals surface area contributed by atoms with Crippen LogP contribution in [0.25, 0.3) is 0 Å². The number of carbonyl (C=O) groups excluding carboxylic acids is 1. The molecule has 19 heavy (non-hydrogen) atoms. The molecule has 0 heterocycles. The third kappa shape index (κ3) is 3.13. The lowest BCUT2D eigenvalue weighted by molar-refractivity contribution is 0.0918. The smallest absolute Gasteiger partial charge is 0.200 e. The van der Waals surface area contributed by atoms with E-state index in [2.05, 4.69) is 0 Å². The van der Waals surface area contributed by atoms with Gasteiger partial charge in [0.1, 0.15) is 5.82 Å². The molecule has 0 aliphatic carbocycles. The fourth-order valence-electron chi connectivity index (χ4n) is 1.46. The molecule has 0 N–H and O–H groups in total. The fourth-order valence-corrected chi connectivity index (χ4v) is 1.46. The molecule has 5 heteroatoms. The molecule has 0 atom stereocenters. The second-order valence-electron chi connectivity index (χ2n) is 3.77. The van der Waals surface area contributed by atoms with Gasteiger partial charge in [-0.3, -0.25) is 4.79 Å². The summed E-state index contributed by atoms with van der Waals surface area (Å²) < 4.78 is 43.7. The van der Waals surface area contributed by atoms with Gasteiger partial charge in [-0.15, -0.1) is 0 Å². The molecule has 0 aliphatic heterocycles. The van der Waals surface area contributed by atoms with E-state index < -0.39 is 29.8 Å². The molecule has 0 aliphatic rings. The quantitative estimate of drug-likeness (QED) is 0.793. The van der Waals surface area contributed by atoms with Crippen LogP contribution in [0.5, 0.6) is 5.75 Å². The van der Waals surface area contributed by atoms with E-state index in [1.807, 2.05) is 0 Å². The first-order chi connectivity index (χ1) is 9.08. The van der Waals surface area contributed by atoms with Gasteiger partial charge >= 0.3 is 0 Å². The van der Waals surface area contributed by atoms with Crippen molar-refractivity contribution in [3.05, 3.63) is 65.5 Å². The minimum absolute atomic E-state index is 0.234. The molecule has 2 rings (SSSR count). The number of Topliss-reactive ketones (excluding diaryl/α,β-unsaturated/α-hetero) is 1. The van der Waals surface area contributed by atoms with Crippen molar-refractivity contribution in [3.63, 3.8) is 0 Å². The van der Waals surface area contributed by atoms with E-state index in [4.69, 9.17) is 4.74 Å². The Hall–Kier alpha value is -2.30. The van der Waals surface area contributed by atoms with Crippen molar-refractivity contribution >= 4 is 5.78 Å². The standard InChI is InChI=1S/C14H9F3O2/c15-10-6-4-9(5-7-10)12(18)8-19-13-3-1-2-11(16)14(13)17/h1-7H,8H2. The van der Waals surface area contributed by atoms with Crippen LogP contribution in [0.3, 0.4) is 0 Å². The third-order valence-electron chi connectivity index (χ3n) is 2.44. The van der Waals surface area contributed by atoms with Gasteiger partial charge in [0.05, 0.1) is 0 Å². The van der Waals surface area contributed by atoms with Gasteiger partial charge in [-0.05, 0) is 36.4 Å². The van der Waals surface area contributed by atoms with Crippen LogP contribution < -0.4 is 4.74 Å². The summed E-state index contributed by atoms with van der Waals surface area (Å²) in [5.41, 5.74) is 0.234. The molecular weight excluding hydrogens is 257 g/mol. The van der Waals surface area contributed by atoms with Crippen molar-refractivity contribution in [3.8, 4) is 5.75 Å². The Bertz CT molecular complexity index is 594. The summed E-state index contributed by atoms with van der Waals surface area (Å²) in [6, 6.07) is 8.30. The van der Waals surface area contributed by atoms with E-state index in [-0.39, 0.29) is 11.3 Å². The Balaban J connectivity index is 2.04. The van der Waals surface area contributed by atoms with Crippen LogP contribution in [0.4, 0.5) is 13.2 Å². The Morgan fingerprint density at radius 1 is 1.00 bits per heavy atom. The maximum absolute atomic E-state index is 13.2. The average Bonchev–Trinajstić information content (AvgIpc) is 2.41. The van der Waals surface area contributed by atoms with E-state index in [0.29, 0.717) is 0 Å². The first-order valence-corrected chi connectivity index (χ1v) is 5.43. The highest BCUT2D eigenvalue weighted by Crippen LogP contribution is 2.19. The number of halogens is 3. The Labute approximate surface area is 107 Å². The van der Waals surface area contributed by atoms with Gasteiger partial charge in [0.25, 0.3) is 0 Å². The largest absolute Gasteiger partial charge is 0.482 e. The minimum atomic E-state index is -1.14. The normalized spacial score (nSPS) is 10.3. The van der Waals surface area contributed by atoms with Gasteiger partial charge in [0.2, 0.25) is 5.82 Å². The molecule has 0 spiro atoms. The van der Waals surface area contributed by atoms with E-state index in [1.54, 1.807) is 0 Å². The van der Waals surface area contributed by atoms with Crippen LogP contribution in [0, 0.1) is 17.5 Å². The molecule has 0 saturated carbocycles. The van der Waals surface area contributed by atoms with Crippen molar-refractivity contribution in [1.82, 2.24) is 0 Å². The van der Waals surface area contributed by atoms with Crippen LogP contribution >= 0.6 is 0 Å². The van der Waals surface area contributed by atoms with Crippen LogP contribution in [0.2, 0.25) is 0 Å². The zero-order valence-electron chi connectivity index (χ0n) is 9.70. The highest BCUT2D eigenvalue weighted by Gasteiger charge is 2.11. The zero-order valence-corrected chi connectivity index (χ0v) is 9.70. The molecule has 0 fully saturated rings. The number of carbonyl (C=O) groups is 1. The second kappa shape index (κ2) is 5.56. The highest BCUT2D eigenvalue weighted by molar-refractivity contribution is 5.97. The lowest BCUT2D eigenvalue weighted by Gasteiger charge is -2.06. The molecule has 2 nitrogen and oxygen atoms in total. The number of hydrogen-bond acceptors (Lipinski definition) is 2. The summed E-state index contributed by atoms with van der Waals surface area (Å²) in [7, 11) is 0. The van der Waals surface area contributed by atoms with Crippen molar-refractivity contribution in [1.29, 1.82) is 0 Å². The molecule has 2 aromatic carbocycles. The Morgan fingerprint density at radius 3 is 2.37 bits per heavy atom. The highest BCUT2D eigenvalue weighted by atomic mass is 19.2. The minimum Gasteiger partial charge on any atom is -0.482 e. The maximum atomic E-state index is 13.2. The van der Waals surface area contributed by atoms with E-state index in [9.17, 15) is 18.0 Å². The van der Waals surface area contributed by atoms with Gasteiger partial charge in [0, 0.05) is 5.56 Å². The van der Waals surface area contributed by atoms with Gasteiger partial charge in [0.15, 0.2) is 24.0 Å². The van der Waals surface area contributed by atoms with E-state index in [0.717, 1.165) is 18.2 Å². The first-order valence-electron chi connectivity index (χ1n) is 5.43. The predicted molar refractivity (Wildman–Crippen MR) is 62.6 cm³/mol. The Kier molecular flexibility index (Phi) is 3.85. The van der Waals surface area contributed by atoms with Gasteiger partial charge in [-0.1, -0.05) is 6.07 Å². The molecule has 0 amide bonds. The van der Waals surface area contributed by atoms with Crippen LogP contribution in [0.15, 0.2) is 42.5 Å². The van der Waals surface area contributed by atoms with Crippen LogP contribution in [-0.4, -0.2) is 12.4 Å². The van der Waals surface area contributed by atoms with Crippen molar-refractivity contribution in [2.24, 2.45) is 0 Å². The third-order valence-corrected chi connectivity index (χ3v) is 2.44. The molecular formula is C14H9F3O2. The number of ketones is 1. The van der Waals surface area contributed by atoms with Crippen LogP contribution in [0.1, 0.15) is 10.4 Å². The lowest BCUT2D eigenvalue weighted by atomic mass is 10.1. The predicted octanol–water partition coefficient (Wildman–Crippen LogP) is 3.37. The summed E-state index contributed by atoms with van der Waals surface area (Å²) in [4.78, 5) is 11.7. The summed E-state index contributed by atoms with van der Waals surface area (Å²) in [5.74, 6) is -3.45. The van der Waals surface area contributed by atoms with Crippen LogP contribution in [-0.2, 0) is 0 Å².